The van der Waals surface area contributed by atoms with Crippen LogP contribution in [0.15, 0.2) is 69.6 Å². The van der Waals surface area contributed by atoms with Crippen LogP contribution in [0.4, 0.5) is 5.00 Å². The van der Waals surface area contributed by atoms with Crippen LogP contribution < -0.4 is 5.32 Å². The van der Waals surface area contributed by atoms with Crippen molar-refractivity contribution in [3.63, 3.8) is 0 Å². The fourth-order valence-electron chi connectivity index (χ4n) is 2.98. The van der Waals surface area contributed by atoms with Crippen LogP contribution in [-0.4, -0.2) is 34.4 Å². The Morgan fingerprint density at radius 1 is 1.12 bits per heavy atom. The summed E-state index contributed by atoms with van der Waals surface area (Å²) in [5, 5.41) is 13.8. The Hall–Kier alpha value is -3.14. The van der Waals surface area contributed by atoms with Crippen molar-refractivity contribution in [3.05, 3.63) is 70.6 Å². The van der Waals surface area contributed by atoms with Gasteiger partial charge in [0.15, 0.2) is 0 Å². The third-order valence-electron chi connectivity index (χ3n) is 4.41. The van der Waals surface area contributed by atoms with Crippen LogP contribution in [0.2, 0.25) is 5.02 Å². The van der Waals surface area contributed by atoms with E-state index in [2.05, 4.69) is 15.5 Å². The molecule has 0 aliphatic carbocycles. The number of nitrogens with one attached hydrogen (secondary N) is 1. The van der Waals surface area contributed by atoms with Crippen LogP contribution in [0.1, 0.15) is 17.3 Å². The number of anilines is 1. The molecule has 0 saturated carbocycles. The molecule has 0 atom stereocenters. The van der Waals surface area contributed by atoms with Crippen molar-refractivity contribution in [2.24, 2.45) is 0 Å². The Labute approximate surface area is 203 Å². The number of rotatable bonds is 8. The molecular weight excluding hydrogens is 482 g/mol. The van der Waals surface area contributed by atoms with E-state index in [1.165, 1.54) is 11.3 Å². The van der Waals surface area contributed by atoms with Gasteiger partial charge in [-0.1, -0.05) is 59.8 Å². The zero-order valence-corrected chi connectivity index (χ0v) is 19.8. The Kier molecular flexibility index (Phi) is 7.43. The molecule has 0 unspecified atom stereocenters. The molecule has 1 amide bonds. The second-order valence-corrected chi connectivity index (χ2v) is 8.90. The van der Waals surface area contributed by atoms with Gasteiger partial charge in [-0.05, 0) is 30.7 Å². The molecule has 4 rings (SSSR count). The maximum atomic E-state index is 12.6. The van der Waals surface area contributed by atoms with Crippen LogP contribution in [0.5, 0.6) is 0 Å². The summed E-state index contributed by atoms with van der Waals surface area (Å²) >= 11 is 8.37. The molecule has 4 aromatic rings. The van der Waals surface area contributed by atoms with E-state index >= 15 is 0 Å². The molecule has 168 valence electrons. The van der Waals surface area contributed by atoms with Crippen LogP contribution in [0.3, 0.4) is 0 Å². The van der Waals surface area contributed by atoms with E-state index in [0.29, 0.717) is 32.6 Å². The molecule has 1 N–H and O–H groups in total. The molecule has 0 radical (unpaired) electrons. The molecule has 0 saturated heterocycles. The number of halogens is 1. The van der Waals surface area contributed by atoms with Crippen molar-refractivity contribution >= 4 is 51.6 Å². The quantitative estimate of drug-likeness (QED) is 0.234. The fraction of sp³-hybridized carbons (Fsp3) is 0.130. The van der Waals surface area contributed by atoms with Crippen LogP contribution in [-0.2, 0) is 9.53 Å². The number of thioether (sulfide) groups is 1. The SMILES string of the molecule is CCOC(=O)c1c(-c2ccccc2)csc1NC(=O)CSc1nnc(-c2cccc(Cl)c2)o1. The molecule has 2 aromatic heterocycles. The Morgan fingerprint density at radius 3 is 2.67 bits per heavy atom. The van der Waals surface area contributed by atoms with Gasteiger partial charge >= 0.3 is 5.97 Å². The molecule has 0 aliphatic rings. The standard InChI is InChI=1S/C23H18ClN3O4S2/c1-2-30-22(29)19-17(14-7-4-3-5-8-14)12-32-21(19)25-18(28)13-33-23-27-26-20(31-23)15-9-6-10-16(24)11-15/h3-12H,2,13H2,1H3,(H,25,28). The topological polar surface area (TPSA) is 94.3 Å². The van der Waals surface area contributed by atoms with Gasteiger partial charge in [0.2, 0.25) is 11.8 Å². The summed E-state index contributed by atoms with van der Waals surface area (Å²) in [5.74, 6) is -0.452. The second kappa shape index (κ2) is 10.7. The van der Waals surface area contributed by atoms with E-state index < -0.39 is 5.97 Å². The van der Waals surface area contributed by atoms with Crippen molar-refractivity contribution in [2.45, 2.75) is 12.1 Å². The first-order valence-corrected chi connectivity index (χ1v) is 12.2. The number of ether oxygens (including phenoxy) is 1. The first-order chi connectivity index (χ1) is 16.0. The number of esters is 1. The van der Waals surface area contributed by atoms with Gasteiger partial charge in [0.05, 0.1) is 12.4 Å². The van der Waals surface area contributed by atoms with E-state index in [1.54, 1.807) is 31.2 Å². The number of thiophene rings is 1. The molecule has 0 aliphatic heterocycles. The summed E-state index contributed by atoms with van der Waals surface area (Å²) in [7, 11) is 0. The maximum absolute atomic E-state index is 12.6. The molecular formula is C23H18ClN3O4S2. The third-order valence-corrected chi connectivity index (χ3v) is 6.36. The van der Waals surface area contributed by atoms with Gasteiger partial charge in [-0.2, -0.15) is 0 Å². The zero-order valence-electron chi connectivity index (χ0n) is 17.4. The average Bonchev–Trinajstić information content (AvgIpc) is 3.46. The normalized spacial score (nSPS) is 10.7. The lowest BCUT2D eigenvalue weighted by Crippen LogP contribution is -2.16. The van der Waals surface area contributed by atoms with Gasteiger partial charge in [-0.15, -0.1) is 21.5 Å². The summed E-state index contributed by atoms with van der Waals surface area (Å²) in [5.41, 5.74) is 2.61. The number of carbonyl (C=O) groups excluding carboxylic acids is 2. The largest absolute Gasteiger partial charge is 0.462 e. The molecule has 2 heterocycles. The van der Waals surface area contributed by atoms with Gasteiger partial charge in [0, 0.05) is 21.5 Å². The predicted molar refractivity (Wildman–Crippen MR) is 130 cm³/mol. The van der Waals surface area contributed by atoms with E-state index in [1.807, 2.05) is 35.7 Å². The van der Waals surface area contributed by atoms with Gasteiger partial charge < -0.3 is 14.5 Å². The number of nitrogens with zero attached hydrogens (tertiary/aromatic N) is 2. The molecule has 0 bridgehead atoms. The van der Waals surface area contributed by atoms with Crippen molar-refractivity contribution in [3.8, 4) is 22.6 Å². The lowest BCUT2D eigenvalue weighted by molar-refractivity contribution is -0.113. The monoisotopic (exact) mass is 499 g/mol. The van der Waals surface area contributed by atoms with Crippen LogP contribution >= 0.6 is 34.7 Å². The summed E-state index contributed by atoms with van der Waals surface area (Å²) < 4.78 is 10.8. The minimum atomic E-state index is -0.483. The van der Waals surface area contributed by atoms with Crippen LogP contribution in [0, 0.1) is 0 Å². The minimum absolute atomic E-state index is 0.0258. The van der Waals surface area contributed by atoms with Crippen molar-refractivity contribution in [1.82, 2.24) is 10.2 Å². The van der Waals surface area contributed by atoms with Gasteiger partial charge in [0.25, 0.3) is 5.22 Å². The van der Waals surface area contributed by atoms with Crippen molar-refractivity contribution in [1.29, 1.82) is 0 Å². The number of amides is 1. The molecule has 7 nitrogen and oxygen atoms in total. The van der Waals surface area contributed by atoms with Gasteiger partial charge in [-0.25, -0.2) is 4.79 Å². The van der Waals surface area contributed by atoms with E-state index in [-0.39, 0.29) is 23.5 Å². The summed E-state index contributed by atoms with van der Waals surface area (Å²) in [6, 6.07) is 16.5. The number of carbonyl (C=O) groups is 2. The number of benzene rings is 2. The highest BCUT2D eigenvalue weighted by molar-refractivity contribution is 7.99. The van der Waals surface area contributed by atoms with E-state index in [0.717, 1.165) is 17.3 Å². The molecule has 2 aromatic carbocycles. The summed E-state index contributed by atoms with van der Waals surface area (Å²) in [4.78, 5) is 25.2. The maximum Gasteiger partial charge on any atom is 0.341 e. The highest BCUT2D eigenvalue weighted by Gasteiger charge is 2.23. The molecule has 0 spiro atoms. The Morgan fingerprint density at radius 2 is 1.91 bits per heavy atom. The first kappa shape index (κ1) is 23.0. The van der Waals surface area contributed by atoms with Gasteiger partial charge in [0.1, 0.15) is 10.6 Å². The predicted octanol–water partition coefficient (Wildman–Crippen LogP) is 6.03. The van der Waals surface area contributed by atoms with Crippen molar-refractivity contribution in [2.75, 3.05) is 17.7 Å². The highest BCUT2D eigenvalue weighted by atomic mass is 35.5. The summed E-state index contributed by atoms with van der Waals surface area (Å²) in [6.07, 6.45) is 0. The van der Waals surface area contributed by atoms with E-state index in [4.69, 9.17) is 20.8 Å². The Bertz CT molecular complexity index is 1270. The average molecular weight is 500 g/mol. The second-order valence-electron chi connectivity index (χ2n) is 6.66. The first-order valence-electron chi connectivity index (χ1n) is 9.91. The fourth-order valence-corrected chi connectivity index (χ4v) is 4.71. The molecule has 10 heteroatoms. The Balaban J connectivity index is 1.45. The van der Waals surface area contributed by atoms with Crippen molar-refractivity contribution < 1.29 is 18.7 Å². The highest BCUT2D eigenvalue weighted by Crippen LogP contribution is 2.36. The minimum Gasteiger partial charge on any atom is -0.462 e. The smallest absolute Gasteiger partial charge is 0.341 e. The van der Waals surface area contributed by atoms with E-state index in [9.17, 15) is 9.59 Å². The molecule has 0 fully saturated rings. The van der Waals surface area contributed by atoms with Crippen LogP contribution in [0.25, 0.3) is 22.6 Å². The third kappa shape index (κ3) is 5.62. The number of hydrogen-bond donors (Lipinski definition) is 1. The number of aromatic nitrogens is 2. The summed E-state index contributed by atoms with van der Waals surface area (Å²) in [6.45, 7) is 1.97. The lowest BCUT2D eigenvalue weighted by atomic mass is 10.0. The molecule has 33 heavy (non-hydrogen) atoms. The number of hydrogen-bond acceptors (Lipinski definition) is 8. The van der Waals surface area contributed by atoms with Gasteiger partial charge in [-0.3, -0.25) is 4.79 Å². The lowest BCUT2D eigenvalue weighted by Gasteiger charge is -2.08. The zero-order chi connectivity index (χ0) is 23.2.